The predicted octanol–water partition coefficient (Wildman–Crippen LogP) is 0.748. The molecule has 1 aromatic rings. The van der Waals surface area contributed by atoms with Crippen LogP contribution < -0.4 is 5.32 Å². The van der Waals surface area contributed by atoms with Gasteiger partial charge in [-0.1, -0.05) is 18.2 Å². The molecule has 1 aromatic carbocycles. The fourth-order valence-electron chi connectivity index (χ4n) is 2.00. The van der Waals surface area contributed by atoms with E-state index in [9.17, 15) is 24.5 Å². The lowest BCUT2D eigenvalue weighted by atomic mass is 10.0. The molecule has 1 N–H and O–H groups in total. The van der Waals surface area contributed by atoms with Gasteiger partial charge in [-0.05, 0) is 0 Å². The Labute approximate surface area is 138 Å². The number of carbonyl (C=O) groups excluding carboxylic acids is 3. The van der Waals surface area contributed by atoms with Crippen molar-refractivity contribution in [1.82, 2.24) is 5.32 Å². The van der Waals surface area contributed by atoms with Crippen molar-refractivity contribution in [3.8, 4) is 0 Å². The highest BCUT2D eigenvalue weighted by molar-refractivity contribution is 5.86. The normalized spacial score (nSPS) is 11.2. The Morgan fingerprint density at radius 3 is 2.42 bits per heavy atom. The minimum atomic E-state index is -1.10. The van der Waals surface area contributed by atoms with Crippen LogP contribution in [0.5, 0.6) is 0 Å². The van der Waals surface area contributed by atoms with Crippen molar-refractivity contribution >= 4 is 23.5 Å². The number of esters is 2. The summed E-state index contributed by atoms with van der Waals surface area (Å²) in [6.45, 7) is 0. The summed E-state index contributed by atoms with van der Waals surface area (Å²) in [5.41, 5.74) is 0.126. The van der Waals surface area contributed by atoms with Crippen LogP contribution in [-0.4, -0.2) is 43.0 Å². The van der Waals surface area contributed by atoms with Gasteiger partial charge >= 0.3 is 11.9 Å². The fourth-order valence-corrected chi connectivity index (χ4v) is 2.00. The topological polar surface area (TPSA) is 125 Å². The first kappa shape index (κ1) is 19.1. The van der Waals surface area contributed by atoms with Gasteiger partial charge < -0.3 is 14.8 Å². The van der Waals surface area contributed by atoms with Gasteiger partial charge in [-0.2, -0.15) is 0 Å². The summed E-state index contributed by atoms with van der Waals surface area (Å²) >= 11 is 0. The number of nitrogens with zero attached hydrogens (tertiary/aromatic N) is 1. The van der Waals surface area contributed by atoms with E-state index >= 15 is 0 Å². The van der Waals surface area contributed by atoms with Crippen LogP contribution in [-0.2, 0) is 30.3 Å². The lowest BCUT2D eigenvalue weighted by Crippen LogP contribution is -2.43. The van der Waals surface area contributed by atoms with Gasteiger partial charge in [-0.15, -0.1) is 0 Å². The Morgan fingerprint density at radius 1 is 1.17 bits per heavy atom. The van der Waals surface area contributed by atoms with Crippen molar-refractivity contribution in [1.29, 1.82) is 0 Å². The van der Waals surface area contributed by atoms with E-state index in [4.69, 9.17) is 0 Å². The maximum absolute atomic E-state index is 11.8. The monoisotopic (exact) mass is 338 g/mol. The predicted molar refractivity (Wildman–Crippen MR) is 82.0 cm³/mol. The number of nitrogens with one attached hydrogen (secondary N) is 1. The molecule has 1 amide bonds. The molecule has 0 radical (unpaired) electrons. The molecular formula is C15H18N2O7. The van der Waals surface area contributed by atoms with Crippen LogP contribution in [0.1, 0.15) is 18.4 Å². The SMILES string of the molecule is COC(=O)CCC(=O)N[C@H](Cc1ccccc1[N+](=O)[O-])C(=O)OC. The summed E-state index contributed by atoms with van der Waals surface area (Å²) in [5.74, 6) is -1.85. The fraction of sp³-hybridized carbons (Fsp3) is 0.400. The average Bonchev–Trinajstić information content (AvgIpc) is 2.58. The Bertz CT molecular complexity index is 630. The highest BCUT2D eigenvalue weighted by atomic mass is 16.6. The number of nitro groups is 1. The van der Waals surface area contributed by atoms with Crippen LogP contribution >= 0.6 is 0 Å². The summed E-state index contributed by atoms with van der Waals surface area (Å²) in [7, 11) is 2.35. The van der Waals surface area contributed by atoms with Crippen molar-refractivity contribution in [3.05, 3.63) is 39.9 Å². The van der Waals surface area contributed by atoms with E-state index in [0.29, 0.717) is 0 Å². The van der Waals surface area contributed by atoms with Crippen molar-refractivity contribution < 1.29 is 28.8 Å². The van der Waals surface area contributed by atoms with Crippen molar-refractivity contribution in [3.63, 3.8) is 0 Å². The van der Waals surface area contributed by atoms with Crippen LogP contribution in [0.25, 0.3) is 0 Å². The minimum Gasteiger partial charge on any atom is -0.469 e. The maximum atomic E-state index is 11.8. The van der Waals surface area contributed by atoms with Crippen LogP contribution in [0.2, 0.25) is 0 Å². The van der Waals surface area contributed by atoms with Gasteiger partial charge in [-0.25, -0.2) is 4.79 Å². The second-order valence-corrected chi connectivity index (χ2v) is 4.81. The molecule has 0 aliphatic rings. The molecule has 0 fully saturated rings. The second-order valence-electron chi connectivity index (χ2n) is 4.81. The molecule has 1 atom stereocenters. The van der Waals surface area contributed by atoms with Crippen molar-refractivity contribution in [2.45, 2.75) is 25.3 Å². The first-order valence-corrected chi connectivity index (χ1v) is 7.05. The third-order valence-corrected chi connectivity index (χ3v) is 3.22. The number of nitro benzene ring substituents is 1. The van der Waals surface area contributed by atoms with E-state index in [0.717, 1.165) is 7.11 Å². The second kappa shape index (κ2) is 9.23. The molecule has 0 aliphatic carbocycles. The number of para-hydroxylation sites is 1. The van der Waals surface area contributed by atoms with Gasteiger partial charge in [0, 0.05) is 24.5 Å². The Morgan fingerprint density at radius 2 is 1.83 bits per heavy atom. The summed E-state index contributed by atoms with van der Waals surface area (Å²) in [6, 6.07) is 4.80. The quantitative estimate of drug-likeness (QED) is 0.421. The first-order chi connectivity index (χ1) is 11.4. The highest BCUT2D eigenvalue weighted by Gasteiger charge is 2.25. The molecule has 1 rings (SSSR count). The van der Waals surface area contributed by atoms with E-state index < -0.39 is 28.8 Å². The molecule has 0 spiro atoms. The highest BCUT2D eigenvalue weighted by Crippen LogP contribution is 2.19. The van der Waals surface area contributed by atoms with E-state index in [1.54, 1.807) is 6.07 Å². The summed E-state index contributed by atoms with van der Waals surface area (Å²) in [4.78, 5) is 45.2. The lowest BCUT2D eigenvalue weighted by molar-refractivity contribution is -0.385. The number of hydrogen-bond donors (Lipinski definition) is 1. The van der Waals surface area contributed by atoms with E-state index in [1.807, 2.05) is 0 Å². The zero-order valence-electron chi connectivity index (χ0n) is 13.3. The number of rotatable bonds is 8. The summed E-state index contributed by atoms with van der Waals surface area (Å²) in [6.07, 6.45) is -0.410. The Kier molecular flexibility index (Phi) is 7.34. The lowest BCUT2D eigenvalue weighted by Gasteiger charge is -2.16. The number of ether oxygens (including phenoxy) is 2. The van der Waals surface area contributed by atoms with Gasteiger partial charge in [0.15, 0.2) is 0 Å². The van der Waals surface area contributed by atoms with E-state index in [2.05, 4.69) is 14.8 Å². The Hall–Kier alpha value is -2.97. The molecule has 0 bridgehead atoms. The standard InChI is InChI=1S/C15H18N2O7/c1-23-14(19)8-7-13(18)16-11(15(20)24-2)9-10-5-3-4-6-12(10)17(21)22/h3-6,11H,7-9H2,1-2H3,(H,16,18)/t11-/m1/s1. The van der Waals surface area contributed by atoms with E-state index in [-0.39, 0.29) is 30.5 Å². The Balaban J connectivity index is 2.84. The molecule has 24 heavy (non-hydrogen) atoms. The largest absolute Gasteiger partial charge is 0.469 e. The molecule has 0 unspecified atom stereocenters. The zero-order valence-corrected chi connectivity index (χ0v) is 13.3. The smallest absolute Gasteiger partial charge is 0.328 e. The van der Waals surface area contributed by atoms with Gasteiger partial charge in [0.05, 0.1) is 25.6 Å². The number of benzene rings is 1. The average molecular weight is 338 g/mol. The van der Waals surface area contributed by atoms with Gasteiger partial charge in [0.2, 0.25) is 5.91 Å². The summed E-state index contributed by atoms with van der Waals surface area (Å²) in [5, 5.41) is 13.4. The third kappa shape index (κ3) is 5.67. The van der Waals surface area contributed by atoms with Gasteiger partial charge in [-0.3, -0.25) is 19.7 Å². The molecule has 130 valence electrons. The zero-order chi connectivity index (χ0) is 18.1. The number of methoxy groups -OCH3 is 2. The van der Waals surface area contributed by atoms with Gasteiger partial charge in [0.1, 0.15) is 6.04 Å². The molecule has 0 aliphatic heterocycles. The summed E-state index contributed by atoms with van der Waals surface area (Å²) < 4.78 is 9.04. The first-order valence-electron chi connectivity index (χ1n) is 7.05. The van der Waals surface area contributed by atoms with Crippen LogP contribution in [0.15, 0.2) is 24.3 Å². The molecule has 0 saturated carbocycles. The van der Waals surface area contributed by atoms with Crippen molar-refractivity contribution in [2.24, 2.45) is 0 Å². The molecular weight excluding hydrogens is 320 g/mol. The number of hydrogen-bond acceptors (Lipinski definition) is 7. The van der Waals surface area contributed by atoms with Crippen LogP contribution in [0.3, 0.4) is 0 Å². The molecule has 9 nitrogen and oxygen atoms in total. The van der Waals surface area contributed by atoms with Crippen molar-refractivity contribution in [2.75, 3.05) is 14.2 Å². The minimum absolute atomic E-state index is 0.103. The number of carbonyl (C=O) groups is 3. The maximum Gasteiger partial charge on any atom is 0.328 e. The molecule has 0 aromatic heterocycles. The third-order valence-electron chi connectivity index (χ3n) is 3.22. The van der Waals surface area contributed by atoms with Gasteiger partial charge in [0.25, 0.3) is 5.69 Å². The molecule has 9 heteroatoms. The molecule has 0 heterocycles. The van der Waals surface area contributed by atoms with Crippen LogP contribution in [0.4, 0.5) is 5.69 Å². The van der Waals surface area contributed by atoms with Crippen LogP contribution in [0, 0.1) is 10.1 Å². The molecule has 0 saturated heterocycles. The van der Waals surface area contributed by atoms with E-state index in [1.165, 1.54) is 25.3 Å². The number of amides is 1.